The lowest BCUT2D eigenvalue weighted by atomic mass is 9.93. The number of hydrogen-bond acceptors (Lipinski definition) is 6. The van der Waals surface area contributed by atoms with Gasteiger partial charge in [0.25, 0.3) is 5.92 Å². The minimum atomic E-state index is -4.63. The Balaban J connectivity index is 1.29. The van der Waals surface area contributed by atoms with Crippen LogP contribution in [0.3, 0.4) is 0 Å². The summed E-state index contributed by atoms with van der Waals surface area (Å²) in [7, 11) is -4.63. The molecule has 1 saturated carbocycles. The number of oxime groups is 1. The van der Waals surface area contributed by atoms with Gasteiger partial charge in [0, 0.05) is 29.6 Å². The molecule has 1 saturated heterocycles. The molecular weight excluding hydrogens is 674 g/mol. The van der Waals surface area contributed by atoms with E-state index < -0.39 is 33.5 Å². The lowest BCUT2D eigenvalue weighted by molar-refractivity contribution is -0.145. The molecule has 4 aromatic carbocycles. The first-order valence-corrected chi connectivity index (χ1v) is 18.0. The summed E-state index contributed by atoms with van der Waals surface area (Å²) in [6, 6.07) is 19.4. The maximum Gasteiger partial charge on any atom is 0.298 e. The zero-order valence-corrected chi connectivity index (χ0v) is 28.1. The van der Waals surface area contributed by atoms with E-state index >= 15 is 8.78 Å². The summed E-state index contributed by atoms with van der Waals surface area (Å²) in [5.41, 5.74) is 6.58. The number of halogens is 3. The summed E-state index contributed by atoms with van der Waals surface area (Å²) >= 11 is 5.98. The van der Waals surface area contributed by atoms with Crippen LogP contribution in [-0.4, -0.2) is 55.5 Å². The van der Waals surface area contributed by atoms with E-state index in [1.54, 1.807) is 42.5 Å². The Bertz CT molecular complexity index is 1940. The number of hydrogen-bond donors (Lipinski definition) is 3. The Morgan fingerprint density at radius 3 is 2.14 bits per heavy atom. The number of nitrogens with zero attached hydrogens (tertiary/aromatic N) is 2. The summed E-state index contributed by atoms with van der Waals surface area (Å²) in [6.45, 7) is 0.0372. The van der Waals surface area contributed by atoms with E-state index in [9.17, 15) is 13.2 Å². The van der Waals surface area contributed by atoms with Crippen LogP contribution >= 0.6 is 11.6 Å². The van der Waals surface area contributed by atoms with E-state index in [1.807, 2.05) is 6.07 Å². The third-order valence-corrected chi connectivity index (χ3v) is 11.0. The molecule has 4 aromatic rings. The summed E-state index contributed by atoms with van der Waals surface area (Å²) in [5.74, 6) is -4.70. The molecule has 1 heterocycles. The fraction of sp³-hybridized carbons (Fsp3) is 0.333. The highest BCUT2D eigenvalue weighted by Crippen LogP contribution is 2.36. The third kappa shape index (κ3) is 7.66. The highest BCUT2D eigenvalue weighted by atomic mass is 35.5. The Morgan fingerprint density at radius 2 is 1.51 bits per heavy atom. The molecule has 13 heteroatoms. The van der Waals surface area contributed by atoms with Crippen LogP contribution in [0.15, 0.2) is 95.0 Å². The molecule has 1 amide bonds. The highest BCUT2D eigenvalue weighted by molar-refractivity contribution is 7.89. The first-order valence-electron chi connectivity index (χ1n) is 16.2. The summed E-state index contributed by atoms with van der Waals surface area (Å²) in [6.07, 6.45) is 4.89. The quantitative estimate of drug-likeness (QED) is 0.0709. The number of alkyl halides is 2. The Morgan fingerprint density at radius 1 is 0.918 bits per heavy atom. The van der Waals surface area contributed by atoms with Gasteiger partial charge in [0.2, 0.25) is 15.9 Å². The summed E-state index contributed by atoms with van der Waals surface area (Å²) in [4.78, 5) is 14.8. The van der Waals surface area contributed by atoms with Gasteiger partial charge in [-0.1, -0.05) is 65.3 Å². The second-order valence-electron chi connectivity index (χ2n) is 12.6. The molecular formula is C36H37ClF2N4O5S. The highest BCUT2D eigenvalue weighted by Gasteiger charge is 2.50. The number of nitrogens with one attached hydrogen (secondary N) is 1. The average molecular weight is 711 g/mol. The Labute approximate surface area is 288 Å². The van der Waals surface area contributed by atoms with E-state index in [0.717, 1.165) is 36.6 Å². The number of carbonyl (C=O) groups excluding carboxylic acids is 1. The van der Waals surface area contributed by atoms with Crippen LogP contribution < -0.4 is 15.2 Å². The van der Waals surface area contributed by atoms with Gasteiger partial charge >= 0.3 is 0 Å². The normalized spacial score (nSPS) is 17.4. The molecule has 1 aliphatic carbocycles. The number of fused-ring (bicyclic) bond motifs is 1. The second-order valence-corrected chi connectivity index (χ2v) is 14.7. The number of sulfonamides is 1. The standard InChI is InChI=1S/C36H37ClF2N4O5S/c37-29-13-7-24(8-14-29)23-5-11-28(12-6-23)36(38,39)33(35(44)43-19-17-25(18-20-43)34(40)41-45)42-49(46,47)32-16-10-26-21-31(15-9-27(26)22-32)48-30-3-1-2-4-30/h5-16,21-22,25,30,33,42,45H,1-4,17-20H2,(H2,40,41)/t33-/m0/s1. The molecule has 4 N–H and O–H groups in total. The van der Waals surface area contributed by atoms with Crippen LogP contribution in [0, 0.1) is 5.92 Å². The maximum absolute atomic E-state index is 16.5. The topological polar surface area (TPSA) is 134 Å². The molecule has 0 bridgehead atoms. The molecule has 2 fully saturated rings. The number of amides is 1. The molecule has 2 aliphatic rings. The van der Waals surface area contributed by atoms with Crippen molar-refractivity contribution in [2.75, 3.05) is 13.1 Å². The van der Waals surface area contributed by atoms with Gasteiger partial charge in [-0.2, -0.15) is 13.5 Å². The van der Waals surface area contributed by atoms with Gasteiger partial charge in [0.15, 0.2) is 6.04 Å². The van der Waals surface area contributed by atoms with Crippen molar-refractivity contribution in [1.29, 1.82) is 0 Å². The van der Waals surface area contributed by atoms with Crippen molar-refractivity contribution >= 4 is 44.1 Å². The van der Waals surface area contributed by atoms with Gasteiger partial charge in [-0.05, 0) is 96.8 Å². The average Bonchev–Trinajstić information content (AvgIpc) is 3.63. The van der Waals surface area contributed by atoms with E-state index in [1.165, 1.54) is 41.3 Å². The van der Waals surface area contributed by atoms with Gasteiger partial charge < -0.3 is 20.6 Å². The van der Waals surface area contributed by atoms with Crippen molar-refractivity contribution < 1.29 is 31.9 Å². The molecule has 49 heavy (non-hydrogen) atoms. The Hall–Kier alpha value is -4.26. The van der Waals surface area contributed by atoms with Crippen molar-refractivity contribution in [3.05, 3.63) is 95.5 Å². The zero-order chi connectivity index (χ0) is 34.8. The van der Waals surface area contributed by atoms with Crippen molar-refractivity contribution in [3.63, 3.8) is 0 Å². The fourth-order valence-corrected chi connectivity index (χ4v) is 7.85. The summed E-state index contributed by atoms with van der Waals surface area (Å²) < 4.78 is 68.7. The number of carbonyl (C=O) groups is 1. The van der Waals surface area contributed by atoms with Gasteiger partial charge in [-0.15, -0.1) is 0 Å². The van der Waals surface area contributed by atoms with Crippen LogP contribution in [0.5, 0.6) is 5.75 Å². The predicted molar refractivity (Wildman–Crippen MR) is 184 cm³/mol. The summed E-state index contributed by atoms with van der Waals surface area (Å²) in [5, 5.41) is 13.9. The van der Waals surface area contributed by atoms with E-state index in [4.69, 9.17) is 27.3 Å². The number of benzene rings is 4. The van der Waals surface area contributed by atoms with Crippen LogP contribution in [-0.2, 0) is 20.7 Å². The van der Waals surface area contributed by atoms with Gasteiger partial charge in [-0.3, -0.25) is 4.79 Å². The van der Waals surface area contributed by atoms with Crippen LogP contribution in [0.4, 0.5) is 8.78 Å². The van der Waals surface area contributed by atoms with E-state index in [2.05, 4.69) is 9.88 Å². The smallest absolute Gasteiger partial charge is 0.298 e. The van der Waals surface area contributed by atoms with Crippen molar-refractivity contribution in [2.45, 2.75) is 61.5 Å². The van der Waals surface area contributed by atoms with Crippen molar-refractivity contribution in [1.82, 2.24) is 9.62 Å². The second kappa shape index (κ2) is 14.3. The number of likely N-dealkylation sites (tertiary alicyclic amines) is 1. The number of amidine groups is 1. The van der Waals surface area contributed by atoms with Crippen LogP contribution in [0.2, 0.25) is 5.02 Å². The molecule has 258 valence electrons. The number of ether oxygens (including phenoxy) is 1. The number of rotatable bonds is 10. The monoisotopic (exact) mass is 710 g/mol. The molecule has 0 aromatic heterocycles. The first-order chi connectivity index (χ1) is 23.4. The van der Waals surface area contributed by atoms with Crippen molar-refractivity contribution in [3.8, 4) is 16.9 Å². The molecule has 1 atom stereocenters. The SMILES string of the molecule is N/C(=N\O)C1CCN(C(=O)[C@H](NS(=O)(=O)c2ccc3cc(OC4CCCC4)ccc3c2)C(F)(F)c2ccc(-c3ccc(Cl)cc3)cc2)CC1. The number of piperidine rings is 1. The molecule has 9 nitrogen and oxygen atoms in total. The van der Waals surface area contributed by atoms with Crippen LogP contribution in [0.25, 0.3) is 21.9 Å². The maximum atomic E-state index is 16.5. The lowest BCUT2D eigenvalue weighted by Crippen LogP contribution is -2.57. The zero-order valence-electron chi connectivity index (χ0n) is 26.6. The number of nitrogens with two attached hydrogens (primary N) is 1. The molecule has 0 radical (unpaired) electrons. The van der Waals surface area contributed by atoms with Gasteiger partial charge in [0.1, 0.15) is 11.6 Å². The van der Waals surface area contributed by atoms with Crippen LogP contribution in [0.1, 0.15) is 44.1 Å². The third-order valence-electron chi connectivity index (χ3n) is 9.37. The van der Waals surface area contributed by atoms with E-state index in [0.29, 0.717) is 21.7 Å². The first kappa shape index (κ1) is 34.6. The van der Waals surface area contributed by atoms with E-state index in [-0.39, 0.29) is 48.7 Å². The largest absolute Gasteiger partial charge is 0.490 e. The molecule has 0 unspecified atom stereocenters. The molecule has 1 aliphatic heterocycles. The van der Waals surface area contributed by atoms with Gasteiger partial charge in [0.05, 0.1) is 11.0 Å². The van der Waals surface area contributed by atoms with Crippen molar-refractivity contribution in [2.24, 2.45) is 16.8 Å². The minimum absolute atomic E-state index is 0.0102. The molecule has 6 rings (SSSR count). The molecule has 0 spiro atoms. The Kier molecular flexibility index (Phi) is 10.1. The predicted octanol–water partition coefficient (Wildman–Crippen LogP) is 6.91. The minimum Gasteiger partial charge on any atom is -0.490 e. The fourth-order valence-electron chi connectivity index (χ4n) is 6.50. The lowest BCUT2D eigenvalue weighted by Gasteiger charge is -2.36. The van der Waals surface area contributed by atoms with Gasteiger partial charge in [-0.25, -0.2) is 8.42 Å².